The van der Waals surface area contributed by atoms with Crippen LogP contribution < -0.4 is 5.48 Å². The zero-order chi connectivity index (χ0) is 14.8. The van der Waals surface area contributed by atoms with Gasteiger partial charge in [0.15, 0.2) is 0 Å². The van der Waals surface area contributed by atoms with E-state index >= 15 is 0 Å². The number of amides is 1. The average molecular weight is 306 g/mol. The molecule has 1 rings (SSSR count). The zero-order valence-electron chi connectivity index (χ0n) is 12.3. The summed E-state index contributed by atoms with van der Waals surface area (Å²) in [6, 6.07) is 0. The summed E-state index contributed by atoms with van der Waals surface area (Å²) in [5, 5.41) is 8.62. The molecular weight excluding hydrogens is 279 g/mol. The highest BCUT2D eigenvalue weighted by molar-refractivity contribution is 7.56. The predicted octanol–water partition coefficient (Wildman–Crippen LogP) is 2.77. The van der Waals surface area contributed by atoms with E-state index < -0.39 is 13.4 Å². The fourth-order valence-corrected chi connectivity index (χ4v) is 4.75. The van der Waals surface area contributed by atoms with Gasteiger partial charge in [0.05, 0.1) is 13.2 Å². The van der Waals surface area contributed by atoms with Gasteiger partial charge in [0, 0.05) is 12.7 Å². The standard InChI is InChI=1S/C13H27N2O4P/c1-2-3-4-5-8-11-20(18)15(12-13(16)14-17)9-6-7-10-19-20/h17H,2-12H2,1H3,(H,14,16). The molecule has 1 unspecified atom stereocenters. The highest BCUT2D eigenvalue weighted by Gasteiger charge is 2.34. The van der Waals surface area contributed by atoms with Crippen molar-refractivity contribution >= 4 is 13.4 Å². The van der Waals surface area contributed by atoms with Crippen LogP contribution in [0.4, 0.5) is 0 Å². The van der Waals surface area contributed by atoms with Crippen LogP contribution in [0.2, 0.25) is 0 Å². The molecule has 20 heavy (non-hydrogen) atoms. The third-order valence-electron chi connectivity index (χ3n) is 3.53. The van der Waals surface area contributed by atoms with Gasteiger partial charge in [-0.05, 0) is 19.3 Å². The summed E-state index contributed by atoms with van der Waals surface area (Å²) < 4.78 is 20.1. The van der Waals surface area contributed by atoms with Gasteiger partial charge in [0.2, 0.25) is 0 Å². The Labute approximate surface area is 121 Å². The summed E-state index contributed by atoms with van der Waals surface area (Å²) in [6.07, 6.45) is 7.63. The number of nitrogens with zero attached hydrogens (tertiary/aromatic N) is 1. The van der Waals surface area contributed by atoms with E-state index in [1.807, 2.05) is 0 Å². The maximum absolute atomic E-state index is 12.9. The minimum absolute atomic E-state index is 0.0667. The summed E-state index contributed by atoms with van der Waals surface area (Å²) in [4.78, 5) is 11.3. The number of rotatable bonds is 8. The molecule has 0 radical (unpaired) electrons. The van der Waals surface area contributed by atoms with Crippen LogP contribution in [0.25, 0.3) is 0 Å². The number of hydrogen-bond acceptors (Lipinski definition) is 4. The fourth-order valence-electron chi connectivity index (χ4n) is 2.35. The first-order chi connectivity index (χ1) is 9.62. The second-order valence-electron chi connectivity index (χ2n) is 5.24. The number of carbonyl (C=O) groups is 1. The highest BCUT2D eigenvalue weighted by atomic mass is 31.2. The fraction of sp³-hybridized carbons (Fsp3) is 0.923. The normalized spacial score (nSPS) is 24.3. The smallest absolute Gasteiger partial charge is 0.272 e. The van der Waals surface area contributed by atoms with Crippen LogP contribution in [0.1, 0.15) is 51.9 Å². The molecule has 2 N–H and O–H groups in total. The van der Waals surface area contributed by atoms with Crippen molar-refractivity contribution in [3.05, 3.63) is 0 Å². The van der Waals surface area contributed by atoms with E-state index in [9.17, 15) is 9.36 Å². The Kier molecular flexibility index (Phi) is 8.38. The molecule has 0 spiro atoms. The summed E-state index contributed by atoms with van der Waals surface area (Å²) in [5.74, 6) is -0.540. The molecule has 1 aliphatic heterocycles. The minimum atomic E-state index is -2.92. The molecule has 1 amide bonds. The summed E-state index contributed by atoms with van der Waals surface area (Å²) in [5.41, 5.74) is 1.60. The van der Waals surface area contributed by atoms with Gasteiger partial charge >= 0.3 is 0 Å². The van der Waals surface area contributed by atoms with Gasteiger partial charge in [-0.2, -0.15) is 0 Å². The molecule has 1 aliphatic rings. The van der Waals surface area contributed by atoms with E-state index in [2.05, 4.69) is 6.92 Å². The summed E-state index contributed by atoms with van der Waals surface area (Å²) in [7, 11) is -2.92. The van der Waals surface area contributed by atoms with Gasteiger partial charge < -0.3 is 4.52 Å². The quantitative estimate of drug-likeness (QED) is 0.312. The van der Waals surface area contributed by atoms with Crippen molar-refractivity contribution < 1.29 is 19.1 Å². The van der Waals surface area contributed by atoms with Gasteiger partial charge in [-0.25, -0.2) is 10.2 Å². The maximum atomic E-state index is 12.9. The highest BCUT2D eigenvalue weighted by Crippen LogP contribution is 2.52. The van der Waals surface area contributed by atoms with Gasteiger partial charge in [-0.15, -0.1) is 0 Å². The predicted molar refractivity (Wildman–Crippen MR) is 77.9 cm³/mol. The number of nitrogens with one attached hydrogen (secondary N) is 1. The topological polar surface area (TPSA) is 78.9 Å². The first-order valence-corrected chi connectivity index (χ1v) is 9.30. The Morgan fingerprint density at radius 3 is 2.75 bits per heavy atom. The van der Waals surface area contributed by atoms with Crippen molar-refractivity contribution in [2.24, 2.45) is 0 Å². The monoisotopic (exact) mass is 306 g/mol. The molecule has 7 heteroatoms. The van der Waals surface area contributed by atoms with E-state index in [0.717, 1.165) is 32.1 Å². The van der Waals surface area contributed by atoms with Crippen LogP contribution in [0, 0.1) is 0 Å². The van der Waals surface area contributed by atoms with E-state index in [1.54, 1.807) is 10.2 Å². The zero-order valence-corrected chi connectivity index (χ0v) is 13.2. The van der Waals surface area contributed by atoms with Gasteiger partial charge in [0.25, 0.3) is 13.4 Å². The van der Waals surface area contributed by atoms with Crippen molar-refractivity contribution in [3.8, 4) is 0 Å². The summed E-state index contributed by atoms with van der Waals surface area (Å²) in [6.45, 7) is 3.16. The molecule has 6 nitrogen and oxygen atoms in total. The van der Waals surface area contributed by atoms with Crippen molar-refractivity contribution in [2.45, 2.75) is 51.9 Å². The second-order valence-corrected chi connectivity index (χ2v) is 7.78. The van der Waals surface area contributed by atoms with E-state index in [1.165, 1.54) is 12.8 Å². The van der Waals surface area contributed by atoms with Crippen LogP contribution >= 0.6 is 7.52 Å². The van der Waals surface area contributed by atoms with Crippen LogP contribution in [0.3, 0.4) is 0 Å². The Morgan fingerprint density at radius 1 is 1.30 bits per heavy atom. The molecule has 1 saturated heterocycles. The first-order valence-electron chi connectivity index (χ1n) is 7.54. The van der Waals surface area contributed by atoms with Crippen molar-refractivity contribution in [3.63, 3.8) is 0 Å². The van der Waals surface area contributed by atoms with Crippen LogP contribution in [0.5, 0.6) is 0 Å². The number of hydrogen-bond donors (Lipinski definition) is 2. The van der Waals surface area contributed by atoms with Gasteiger partial charge in [-0.3, -0.25) is 14.6 Å². The van der Waals surface area contributed by atoms with E-state index in [0.29, 0.717) is 19.3 Å². The largest absolute Gasteiger partial charge is 0.317 e. The van der Waals surface area contributed by atoms with E-state index in [4.69, 9.17) is 9.73 Å². The second kappa shape index (κ2) is 9.50. The molecule has 1 atom stereocenters. The van der Waals surface area contributed by atoms with Crippen molar-refractivity contribution in [1.29, 1.82) is 0 Å². The Morgan fingerprint density at radius 2 is 2.05 bits per heavy atom. The lowest BCUT2D eigenvalue weighted by molar-refractivity contribution is -0.129. The molecule has 0 aliphatic carbocycles. The minimum Gasteiger partial charge on any atom is -0.317 e. The molecule has 0 bridgehead atoms. The van der Waals surface area contributed by atoms with Crippen molar-refractivity contribution in [1.82, 2.24) is 10.2 Å². The van der Waals surface area contributed by atoms with Crippen molar-refractivity contribution in [2.75, 3.05) is 25.9 Å². The lowest BCUT2D eigenvalue weighted by Crippen LogP contribution is -2.35. The third-order valence-corrected chi connectivity index (χ3v) is 6.20. The first kappa shape index (κ1) is 17.6. The molecule has 1 fully saturated rings. The Bertz CT molecular complexity index is 338. The van der Waals surface area contributed by atoms with Crippen LogP contribution in [-0.2, 0) is 13.9 Å². The molecule has 0 aromatic heterocycles. The van der Waals surface area contributed by atoms with Crippen LogP contribution in [-0.4, -0.2) is 41.6 Å². The average Bonchev–Trinajstić information content (AvgIpc) is 2.61. The lowest BCUT2D eigenvalue weighted by atomic mass is 10.2. The number of unbranched alkanes of at least 4 members (excludes halogenated alkanes) is 4. The van der Waals surface area contributed by atoms with Gasteiger partial charge in [-0.1, -0.05) is 32.6 Å². The SMILES string of the molecule is CCCCCCCP1(=O)OCCCCN1CC(=O)NO. The lowest BCUT2D eigenvalue weighted by Gasteiger charge is -2.28. The molecule has 0 saturated carbocycles. The number of hydroxylamine groups is 1. The molecule has 0 aromatic rings. The molecular formula is C13H27N2O4P. The molecule has 1 heterocycles. The summed E-state index contributed by atoms with van der Waals surface area (Å²) >= 11 is 0. The molecule has 118 valence electrons. The van der Waals surface area contributed by atoms with E-state index in [-0.39, 0.29) is 6.54 Å². The molecule has 0 aromatic carbocycles. The third kappa shape index (κ3) is 5.92. The Hall–Kier alpha value is -0.420. The Balaban J connectivity index is 2.53. The maximum Gasteiger partial charge on any atom is 0.272 e. The van der Waals surface area contributed by atoms with Gasteiger partial charge in [0.1, 0.15) is 0 Å². The number of carbonyl (C=O) groups excluding carboxylic acids is 1. The van der Waals surface area contributed by atoms with Crippen LogP contribution in [0.15, 0.2) is 0 Å².